The minimum atomic E-state index is -3.41. The Hall–Kier alpha value is -1.47. The average molecular weight is 288 g/mol. The topological polar surface area (TPSA) is 75.3 Å². The number of hydrogen-bond acceptors (Lipinski definition) is 3. The Morgan fingerprint density at radius 1 is 1.26 bits per heavy atom. The molecule has 0 saturated carbocycles. The Labute approximate surface area is 112 Å². The highest BCUT2D eigenvalue weighted by Crippen LogP contribution is 2.07. The molecule has 0 radical (unpaired) electrons. The second-order valence-corrected chi connectivity index (χ2v) is 5.98. The van der Waals surface area contributed by atoms with E-state index in [0.717, 1.165) is 6.42 Å². The number of rotatable bonds is 7. The summed E-state index contributed by atoms with van der Waals surface area (Å²) < 4.78 is 37.8. The third-order valence-electron chi connectivity index (χ3n) is 2.35. The lowest BCUT2D eigenvalue weighted by Crippen LogP contribution is -2.34. The fourth-order valence-corrected chi connectivity index (χ4v) is 2.48. The minimum Gasteiger partial charge on any atom is -0.325 e. The van der Waals surface area contributed by atoms with Gasteiger partial charge < -0.3 is 5.32 Å². The second-order valence-electron chi connectivity index (χ2n) is 4.05. The lowest BCUT2D eigenvalue weighted by atomic mass is 10.3. The third kappa shape index (κ3) is 6.30. The van der Waals surface area contributed by atoms with Crippen LogP contribution in [-0.2, 0) is 14.8 Å². The van der Waals surface area contributed by atoms with Gasteiger partial charge in [0.1, 0.15) is 5.82 Å². The zero-order chi connectivity index (χ0) is 14.3. The van der Waals surface area contributed by atoms with Crippen LogP contribution in [-0.4, -0.2) is 26.6 Å². The summed E-state index contributed by atoms with van der Waals surface area (Å²) in [5, 5.41) is 2.47. The van der Waals surface area contributed by atoms with E-state index in [2.05, 4.69) is 10.0 Å². The van der Waals surface area contributed by atoms with Crippen LogP contribution in [0.1, 0.15) is 19.8 Å². The zero-order valence-electron chi connectivity index (χ0n) is 10.6. The summed E-state index contributed by atoms with van der Waals surface area (Å²) in [6.07, 6.45) is 1.32. The second kappa shape index (κ2) is 7.20. The molecule has 7 heteroatoms. The van der Waals surface area contributed by atoms with Gasteiger partial charge >= 0.3 is 0 Å². The van der Waals surface area contributed by atoms with E-state index in [9.17, 15) is 17.6 Å². The molecule has 0 bridgehead atoms. The highest BCUT2D eigenvalue weighted by atomic mass is 32.2. The Morgan fingerprint density at radius 3 is 2.47 bits per heavy atom. The fraction of sp³-hybridized carbons (Fsp3) is 0.417. The molecule has 19 heavy (non-hydrogen) atoms. The van der Waals surface area contributed by atoms with Gasteiger partial charge in [0, 0.05) is 5.69 Å². The van der Waals surface area contributed by atoms with Crippen molar-refractivity contribution < 1.29 is 17.6 Å². The quantitative estimate of drug-likeness (QED) is 0.798. The molecule has 0 saturated heterocycles. The summed E-state index contributed by atoms with van der Waals surface area (Å²) in [5.74, 6) is -0.891. The van der Waals surface area contributed by atoms with Crippen molar-refractivity contribution in [3.63, 3.8) is 0 Å². The van der Waals surface area contributed by atoms with Crippen LogP contribution in [0.25, 0.3) is 0 Å². The van der Waals surface area contributed by atoms with Gasteiger partial charge in [0.15, 0.2) is 0 Å². The number of anilines is 1. The molecule has 0 spiro atoms. The molecule has 1 aromatic carbocycles. The summed E-state index contributed by atoms with van der Waals surface area (Å²) in [6, 6.07) is 5.22. The third-order valence-corrected chi connectivity index (χ3v) is 3.76. The summed E-state index contributed by atoms with van der Waals surface area (Å²) in [4.78, 5) is 11.5. The van der Waals surface area contributed by atoms with Crippen molar-refractivity contribution in [3.05, 3.63) is 30.1 Å². The van der Waals surface area contributed by atoms with Crippen molar-refractivity contribution in [3.8, 4) is 0 Å². The predicted octanol–water partition coefficient (Wildman–Crippen LogP) is 1.48. The molecule has 5 nitrogen and oxygen atoms in total. The average Bonchev–Trinajstić information content (AvgIpc) is 2.37. The number of hydrogen-bond donors (Lipinski definition) is 2. The van der Waals surface area contributed by atoms with Crippen molar-refractivity contribution in [2.75, 3.05) is 17.6 Å². The van der Waals surface area contributed by atoms with Gasteiger partial charge in [-0.3, -0.25) is 4.79 Å². The van der Waals surface area contributed by atoms with Crippen molar-refractivity contribution in [1.82, 2.24) is 4.72 Å². The van der Waals surface area contributed by atoms with Gasteiger partial charge in [0.25, 0.3) is 0 Å². The molecule has 1 aromatic rings. The lowest BCUT2D eigenvalue weighted by Gasteiger charge is -2.07. The highest BCUT2D eigenvalue weighted by Gasteiger charge is 2.11. The minimum absolute atomic E-state index is 0.00727. The molecule has 2 N–H and O–H groups in total. The summed E-state index contributed by atoms with van der Waals surface area (Å²) >= 11 is 0. The van der Waals surface area contributed by atoms with E-state index in [1.54, 1.807) is 0 Å². The molecule has 1 rings (SSSR count). The van der Waals surface area contributed by atoms with Crippen LogP contribution in [0.4, 0.5) is 10.1 Å². The van der Waals surface area contributed by atoms with Crippen LogP contribution in [0.3, 0.4) is 0 Å². The van der Waals surface area contributed by atoms with Crippen LogP contribution in [0.2, 0.25) is 0 Å². The molecular weight excluding hydrogens is 271 g/mol. The standard InChI is InChI=1S/C12H17FN2O3S/c1-2-3-8-19(17,18)14-9-12(16)15-11-6-4-10(13)5-7-11/h4-7,14H,2-3,8-9H2,1H3,(H,15,16). The first-order chi connectivity index (χ1) is 8.93. The van der Waals surface area contributed by atoms with Crippen molar-refractivity contribution in [2.45, 2.75) is 19.8 Å². The first-order valence-corrected chi connectivity index (χ1v) is 7.61. The van der Waals surface area contributed by atoms with Gasteiger partial charge in [0.05, 0.1) is 12.3 Å². The Balaban J connectivity index is 2.41. The summed E-state index contributed by atoms with van der Waals surface area (Å²) in [5.41, 5.74) is 0.416. The molecule has 0 heterocycles. The molecule has 0 aliphatic rings. The van der Waals surface area contributed by atoms with E-state index in [0.29, 0.717) is 12.1 Å². The van der Waals surface area contributed by atoms with Gasteiger partial charge in [-0.05, 0) is 30.7 Å². The van der Waals surface area contributed by atoms with E-state index in [1.807, 2.05) is 6.92 Å². The summed E-state index contributed by atoms with van der Waals surface area (Å²) in [7, 11) is -3.41. The largest absolute Gasteiger partial charge is 0.325 e. The SMILES string of the molecule is CCCCS(=O)(=O)NCC(=O)Nc1ccc(F)cc1. The van der Waals surface area contributed by atoms with Gasteiger partial charge in [0.2, 0.25) is 15.9 Å². The maximum absolute atomic E-state index is 12.6. The van der Waals surface area contributed by atoms with Crippen molar-refractivity contribution in [1.29, 1.82) is 0 Å². The number of benzene rings is 1. The van der Waals surface area contributed by atoms with Crippen molar-refractivity contribution in [2.24, 2.45) is 0 Å². The van der Waals surface area contributed by atoms with Gasteiger partial charge in [-0.25, -0.2) is 17.5 Å². The van der Waals surface area contributed by atoms with Gasteiger partial charge in [-0.1, -0.05) is 13.3 Å². The molecule has 0 atom stereocenters. The Kier molecular flexibility index (Phi) is 5.91. The van der Waals surface area contributed by atoms with Gasteiger partial charge in [-0.15, -0.1) is 0 Å². The number of unbranched alkanes of at least 4 members (excludes halogenated alkanes) is 1. The van der Waals surface area contributed by atoms with E-state index >= 15 is 0 Å². The first-order valence-electron chi connectivity index (χ1n) is 5.95. The number of sulfonamides is 1. The number of halogens is 1. The van der Waals surface area contributed by atoms with Crippen LogP contribution in [0.15, 0.2) is 24.3 Å². The predicted molar refractivity (Wildman–Crippen MR) is 71.7 cm³/mol. The normalized spacial score (nSPS) is 11.3. The first kappa shape index (κ1) is 15.6. The molecule has 0 aliphatic heterocycles. The number of amides is 1. The molecule has 0 unspecified atom stereocenters. The Bertz CT molecular complexity index is 514. The lowest BCUT2D eigenvalue weighted by molar-refractivity contribution is -0.115. The molecule has 0 fully saturated rings. The van der Waals surface area contributed by atoms with E-state index in [4.69, 9.17) is 0 Å². The summed E-state index contributed by atoms with van der Waals surface area (Å²) in [6.45, 7) is 1.56. The smallest absolute Gasteiger partial charge is 0.239 e. The van der Waals surface area contributed by atoms with Gasteiger partial charge in [-0.2, -0.15) is 0 Å². The van der Waals surface area contributed by atoms with E-state index < -0.39 is 21.7 Å². The fourth-order valence-electron chi connectivity index (χ4n) is 1.32. The van der Waals surface area contributed by atoms with E-state index in [1.165, 1.54) is 24.3 Å². The maximum Gasteiger partial charge on any atom is 0.239 e. The van der Waals surface area contributed by atoms with Crippen molar-refractivity contribution >= 4 is 21.6 Å². The van der Waals surface area contributed by atoms with Crippen LogP contribution in [0, 0.1) is 5.82 Å². The number of carbonyl (C=O) groups excluding carboxylic acids is 1. The van der Waals surface area contributed by atoms with Crippen LogP contribution < -0.4 is 10.0 Å². The number of carbonyl (C=O) groups is 1. The number of nitrogens with one attached hydrogen (secondary N) is 2. The molecule has 1 amide bonds. The maximum atomic E-state index is 12.6. The molecule has 0 aromatic heterocycles. The Morgan fingerprint density at radius 2 is 1.89 bits per heavy atom. The molecule has 106 valence electrons. The van der Waals surface area contributed by atoms with Crippen LogP contribution >= 0.6 is 0 Å². The monoisotopic (exact) mass is 288 g/mol. The molecular formula is C12H17FN2O3S. The zero-order valence-corrected chi connectivity index (χ0v) is 11.5. The van der Waals surface area contributed by atoms with Crippen LogP contribution in [0.5, 0.6) is 0 Å². The molecule has 0 aliphatic carbocycles. The highest BCUT2D eigenvalue weighted by molar-refractivity contribution is 7.89. The van der Waals surface area contributed by atoms with E-state index in [-0.39, 0.29) is 12.3 Å².